The maximum Gasteiger partial charge on any atom is 0.335 e. The normalized spacial score (nSPS) is 10.3. The molecule has 0 bridgehead atoms. The second-order valence-corrected chi connectivity index (χ2v) is 5.75. The van der Waals surface area contributed by atoms with Crippen molar-refractivity contribution in [3.63, 3.8) is 0 Å². The van der Waals surface area contributed by atoms with Gasteiger partial charge < -0.3 is 9.84 Å². The summed E-state index contributed by atoms with van der Waals surface area (Å²) in [5.41, 5.74) is 2.34. The Labute approximate surface area is 143 Å². The molecule has 3 heteroatoms. The van der Waals surface area contributed by atoms with Crippen LogP contribution in [-0.4, -0.2) is 17.7 Å². The molecule has 2 rings (SSSR count). The second-order valence-electron chi connectivity index (χ2n) is 5.75. The van der Waals surface area contributed by atoms with Crippen molar-refractivity contribution in [3.05, 3.63) is 66.7 Å². The first-order valence-corrected chi connectivity index (χ1v) is 8.38. The Bertz CT molecular complexity index is 642. The third-order valence-corrected chi connectivity index (χ3v) is 3.89. The molecule has 0 heterocycles. The first-order chi connectivity index (χ1) is 11.7. The van der Waals surface area contributed by atoms with Gasteiger partial charge in [-0.1, -0.05) is 43.2 Å². The Morgan fingerprint density at radius 3 is 2.08 bits per heavy atom. The predicted octanol–water partition coefficient (Wildman–Crippen LogP) is 5.57. The average molecular weight is 324 g/mol. The fraction of sp³-hybridized carbons (Fsp3) is 0.286. The lowest BCUT2D eigenvalue weighted by Crippen LogP contribution is -1.97. The second kappa shape index (κ2) is 9.56. The molecule has 0 spiro atoms. The molecule has 126 valence electrons. The predicted molar refractivity (Wildman–Crippen MR) is 97.6 cm³/mol. The van der Waals surface area contributed by atoms with E-state index in [2.05, 4.69) is 6.58 Å². The summed E-state index contributed by atoms with van der Waals surface area (Å²) in [5, 5.41) is 8.92. The molecule has 0 aliphatic carbocycles. The van der Waals surface area contributed by atoms with E-state index in [9.17, 15) is 4.79 Å². The van der Waals surface area contributed by atoms with Crippen molar-refractivity contribution < 1.29 is 14.6 Å². The van der Waals surface area contributed by atoms with Gasteiger partial charge in [0.15, 0.2) is 0 Å². The highest BCUT2D eigenvalue weighted by Gasteiger charge is 2.03. The van der Waals surface area contributed by atoms with E-state index in [0.717, 1.165) is 36.3 Å². The minimum Gasteiger partial charge on any atom is -0.494 e. The average Bonchev–Trinajstić information content (AvgIpc) is 2.61. The molecule has 1 N–H and O–H groups in total. The Morgan fingerprint density at radius 2 is 1.50 bits per heavy atom. The van der Waals surface area contributed by atoms with Gasteiger partial charge in [-0.2, -0.15) is 0 Å². The number of hydrogen-bond donors (Lipinski definition) is 1. The van der Waals surface area contributed by atoms with Crippen LogP contribution in [0.5, 0.6) is 5.75 Å². The molecule has 0 amide bonds. The molecule has 24 heavy (non-hydrogen) atoms. The lowest BCUT2D eigenvalue weighted by molar-refractivity contribution is 0.0697. The summed E-state index contributed by atoms with van der Waals surface area (Å²) in [6.07, 6.45) is 7.74. The van der Waals surface area contributed by atoms with E-state index in [-0.39, 0.29) is 0 Å². The molecule has 0 saturated heterocycles. The molecule has 0 saturated carbocycles. The quantitative estimate of drug-likeness (QED) is 0.459. The van der Waals surface area contributed by atoms with Gasteiger partial charge in [0.1, 0.15) is 5.75 Å². The fourth-order valence-electron chi connectivity index (χ4n) is 2.48. The lowest BCUT2D eigenvalue weighted by atomic mass is 10.0. The first-order valence-electron chi connectivity index (χ1n) is 8.38. The molecule has 0 atom stereocenters. The number of unbranched alkanes of at least 4 members (excludes halogenated alkanes) is 4. The Kier molecular flexibility index (Phi) is 7.09. The van der Waals surface area contributed by atoms with E-state index in [4.69, 9.17) is 9.84 Å². The van der Waals surface area contributed by atoms with Crippen LogP contribution < -0.4 is 4.74 Å². The van der Waals surface area contributed by atoms with Gasteiger partial charge >= 0.3 is 5.97 Å². The highest BCUT2D eigenvalue weighted by molar-refractivity contribution is 5.88. The van der Waals surface area contributed by atoms with Crippen molar-refractivity contribution in [3.8, 4) is 16.9 Å². The van der Waals surface area contributed by atoms with Crippen LogP contribution in [0.15, 0.2) is 61.2 Å². The molecule has 2 aromatic carbocycles. The minimum atomic E-state index is -0.908. The molecule has 0 unspecified atom stereocenters. The number of carboxylic acids is 1. The van der Waals surface area contributed by atoms with Crippen molar-refractivity contribution in [1.82, 2.24) is 0 Å². The van der Waals surface area contributed by atoms with Crippen molar-refractivity contribution in [2.24, 2.45) is 0 Å². The monoisotopic (exact) mass is 324 g/mol. The minimum absolute atomic E-state index is 0.298. The number of ether oxygens (including phenoxy) is 1. The number of carboxylic acid groups (broad SMARTS) is 1. The van der Waals surface area contributed by atoms with Gasteiger partial charge in [-0.25, -0.2) is 4.79 Å². The van der Waals surface area contributed by atoms with Crippen LogP contribution in [0.2, 0.25) is 0 Å². The van der Waals surface area contributed by atoms with Crippen LogP contribution in [0, 0.1) is 0 Å². The van der Waals surface area contributed by atoms with E-state index >= 15 is 0 Å². The van der Waals surface area contributed by atoms with Gasteiger partial charge in [0, 0.05) is 0 Å². The van der Waals surface area contributed by atoms with Gasteiger partial charge in [0.2, 0.25) is 0 Å². The zero-order valence-electron chi connectivity index (χ0n) is 13.9. The molecule has 0 fully saturated rings. The summed E-state index contributed by atoms with van der Waals surface area (Å²) in [5.74, 6) is -0.0400. The number of carbonyl (C=O) groups is 1. The van der Waals surface area contributed by atoms with E-state index in [1.165, 1.54) is 19.3 Å². The van der Waals surface area contributed by atoms with Crippen LogP contribution in [0.4, 0.5) is 0 Å². The highest BCUT2D eigenvalue weighted by atomic mass is 16.5. The van der Waals surface area contributed by atoms with Crippen molar-refractivity contribution >= 4 is 5.97 Å². The summed E-state index contributed by atoms with van der Waals surface area (Å²) >= 11 is 0. The van der Waals surface area contributed by atoms with Gasteiger partial charge in [-0.05, 0) is 54.7 Å². The van der Waals surface area contributed by atoms with Crippen LogP contribution in [0.3, 0.4) is 0 Å². The van der Waals surface area contributed by atoms with Gasteiger partial charge in [-0.15, -0.1) is 6.58 Å². The number of allylic oxidation sites excluding steroid dienone is 1. The third-order valence-electron chi connectivity index (χ3n) is 3.89. The number of rotatable bonds is 10. The molecule has 0 aliphatic heterocycles. The summed E-state index contributed by atoms with van der Waals surface area (Å²) in [4.78, 5) is 10.9. The van der Waals surface area contributed by atoms with E-state index in [1.807, 2.05) is 42.5 Å². The van der Waals surface area contributed by atoms with Gasteiger partial charge in [-0.3, -0.25) is 0 Å². The maximum absolute atomic E-state index is 10.9. The van der Waals surface area contributed by atoms with Crippen molar-refractivity contribution in [2.75, 3.05) is 6.61 Å². The SMILES string of the molecule is C=CCCCCCCOc1ccc(-c2ccc(C(=O)O)cc2)cc1. The molecule has 3 nitrogen and oxygen atoms in total. The Balaban J connectivity index is 1.80. The molecule has 0 radical (unpaired) electrons. The summed E-state index contributed by atoms with van der Waals surface area (Å²) < 4.78 is 5.76. The lowest BCUT2D eigenvalue weighted by Gasteiger charge is -2.08. The fourth-order valence-corrected chi connectivity index (χ4v) is 2.48. The van der Waals surface area contributed by atoms with Crippen LogP contribution in [-0.2, 0) is 0 Å². The summed E-state index contributed by atoms with van der Waals surface area (Å²) in [6, 6.07) is 14.8. The highest BCUT2D eigenvalue weighted by Crippen LogP contribution is 2.23. The molecule has 0 aliphatic rings. The number of hydrogen-bond acceptors (Lipinski definition) is 2. The molecular formula is C21H24O3. The van der Waals surface area contributed by atoms with Crippen LogP contribution >= 0.6 is 0 Å². The Hall–Kier alpha value is -2.55. The van der Waals surface area contributed by atoms with Gasteiger partial charge in [0.05, 0.1) is 12.2 Å². The third kappa shape index (κ3) is 5.58. The summed E-state index contributed by atoms with van der Waals surface area (Å²) in [6.45, 7) is 4.46. The standard InChI is InChI=1S/C21H24O3/c1-2-3-4-5-6-7-16-24-20-14-12-18(13-15-20)17-8-10-19(11-9-17)21(22)23/h2,8-15H,1,3-7,16H2,(H,22,23). The summed E-state index contributed by atoms with van der Waals surface area (Å²) in [7, 11) is 0. The topological polar surface area (TPSA) is 46.5 Å². The number of aromatic carboxylic acids is 1. The smallest absolute Gasteiger partial charge is 0.335 e. The van der Waals surface area contributed by atoms with Crippen molar-refractivity contribution in [2.45, 2.75) is 32.1 Å². The van der Waals surface area contributed by atoms with Gasteiger partial charge in [0.25, 0.3) is 0 Å². The number of benzene rings is 2. The van der Waals surface area contributed by atoms with Crippen LogP contribution in [0.25, 0.3) is 11.1 Å². The largest absolute Gasteiger partial charge is 0.494 e. The Morgan fingerprint density at radius 1 is 0.917 bits per heavy atom. The molecule has 2 aromatic rings. The molecule has 0 aromatic heterocycles. The van der Waals surface area contributed by atoms with Crippen molar-refractivity contribution in [1.29, 1.82) is 0 Å². The van der Waals surface area contributed by atoms with E-state index in [0.29, 0.717) is 5.56 Å². The van der Waals surface area contributed by atoms with Crippen LogP contribution in [0.1, 0.15) is 42.5 Å². The zero-order chi connectivity index (χ0) is 17.2. The molecular weight excluding hydrogens is 300 g/mol. The maximum atomic E-state index is 10.9. The van der Waals surface area contributed by atoms with E-state index in [1.54, 1.807) is 12.1 Å². The zero-order valence-corrected chi connectivity index (χ0v) is 13.9. The first kappa shape index (κ1) is 17.8. The van der Waals surface area contributed by atoms with E-state index < -0.39 is 5.97 Å².